The molecule has 2 rings (SSSR count). The van der Waals surface area contributed by atoms with Gasteiger partial charge in [-0.05, 0) is 18.1 Å². The normalized spacial score (nSPS) is 19.5. The van der Waals surface area contributed by atoms with Crippen molar-refractivity contribution in [3.8, 4) is 0 Å². The van der Waals surface area contributed by atoms with Gasteiger partial charge in [-0.1, -0.05) is 13.8 Å². The van der Waals surface area contributed by atoms with Gasteiger partial charge in [0.1, 0.15) is 5.69 Å². The van der Waals surface area contributed by atoms with Gasteiger partial charge < -0.3 is 10.1 Å². The van der Waals surface area contributed by atoms with Crippen LogP contribution < -0.4 is 5.32 Å². The van der Waals surface area contributed by atoms with Gasteiger partial charge in [0.2, 0.25) is 0 Å². The van der Waals surface area contributed by atoms with Crippen molar-refractivity contribution in [2.24, 2.45) is 5.92 Å². The van der Waals surface area contributed by atoms with Crippen LogP contribution in [-0.2, 0) is 10.9 Å². The number of halogens is 3. The predicted octanol–water partition coefficient (Wildman–Crippen LogP) is 2.19. The first-order valence-corrected chi connectivity index (χ1v) is 7.91. The van der Waals surface area contributed by atoms with Crippen LogP contribution >= 0.6 is 0 Å². The Morgan fingerprint density at radius 1 is 1.50 bits per heavy atom. The lowest BCUT2D eigenvalue weighted by Crippen LogP contribution is -2.48. The van der Waals surface area contributed by atoms with Crippen molar-refractivity contribution in [1.29, 1.82) is 0 Å². The van der Waals surface area contributed by atoms with Crippen molar-refractivity contribution in [3.05, 3.63) is 29.6 Å². The molecule has 1 atom stereocenters. The molecule has 1 aromatic rings. The van der Waals surface area contributed by atoms with Crippen LogP contribution in [0.25, 0.3) is 0 Å². The summed E-state index contributed by atoms with van der Waals surface area (Å²) >= 11 is 0. The summed E-state index contributed by atoms with van der Waals surface area (Å²) in [6.45, 7) is 7.32. The van der Waals surface area contributed by atoms with Crippen molar-refractivity contribution in [2.45, 2.75) is 26.1 Å². The van der Waals surface area contributed by atoms with Gasteiger partial charge in [0, 0.05) is 32.4 Å². The molecule has 1 amide bonds. The molecule has 0 saturated carbocycles. The van der Waals surface area contributed by atoms with Crippen molar-refractivity contribution in [1.82, 2.24) is 15.2 Å². The maximum atomic E-state index is 12.9. The zero-order chi connectivity index (χ0) is 17.7. The molecule has 5 nitrogen and oxygen atoms in total. The van der Waals surface area contributed by atoms with E-state index in [4.69, 9.17) is 4.74 Å². The maximum absolute atomic E-state index is 12.9. The fraction of sp³-hybridized carbons (Fsp3) is 0.625. The maximum Gasteiger partial charge on any atom is 0.418 e. The molecular weight excluding hydrogens is 323 g/mol. The number of rotatable bonds is 5. The number of nitrogens with zero attached hydrogens (tertiary/aromatic N) is 2. The summed E-state index contributed by atoms with van der Waals surface area (Å²) in [5.74, 6) is -0.325. The Kier molecular flexibility index (Phi) is 6.17. The molecule has 0 bridgehead atoms. The fourth-order valence-electron chi connectivity index (χ4n) is 2.69. The molecule has 1 aromatic heterocycles. The second-order valence-corrected chi connectivity index (χ2v) is 6.25. The van der Waals surface area contributed by atoms with Gasteiger partial charge in [0.15, 0.2) is 0 Å². The van der Waals surface area contributed by atoms with Gasteiger partial charge in [-0.2, -0.15) is 13.2 Å². The van der Waals surface area contributed by atoms with Crippen molar-refractivity contribution >= 4 is 5.91 Å². The van der Waals surface area contributed by atoms with Crippen molar-refractivity contribution in [2.75, 3.05) is 32.8 Å². The summed E-state index contributed by atoms with van der Waals surface area (Å²) in [4.78, 5) is 17.9. The Labute approximate surface area is 139 Å². The quantitative estimate of drug-likeness (QED) is 0.889. The first-order chi connectivity index (χ1) is 11.3. The lowest BCUT2D eigenvalue weighted by atomic mass is 10.1. The number of aromatic nitrogens is 1. The van der Waals surface area contributed by atoms with Crippen molar-refractivity contribution in [3.63, 3.8) is 0 Å². The van der Waals surface area contributed by atoms with E-state index in [2.05, 4.69) is 29.0 Å². The third-order valence-corrected chi connectivity index (χ3v) is 3.66. The van der Waals surface area contributed by atoms with E-state index in [1.165, 1.54) is 6.20 Å². The molecular formula is C16H22F3N3O2. The first-order valence-electron chi connectivity index (χ1n) is 7.91. The van der Waals surface area contributed by atoms with Crippen LogP contribution in [0.3, 0.4) is 0 Å². The molecule has 8 heteroatoms. The van der Waals surface area contributed by atoms with Gasteiger partial charge in [-0.25, -0.2) is 0 Å². The Balaban J connectivity index is 1.94. The summed E-state index contributed by atoms with van der Waals surface area (Å²) in [6.07, 6.45) is -3.68. The molecule has 0 radical (unpaired) electrons. The number of morpholine rings is 1. The number of alkyl halides is 3. The van der Waals surface area contributed by atoms with Gasteiger partial charge >= 0.3 is 6.18 Å². The number of pyridine rings is 1. The highest BCUT2D eigenvalue weighted by molar-refractivity contribution is 5.93. The number of hydrogen-bond donors (Lipinski definition) is 1. The highest BCUT2D eigenvalue weighted by atomic mass is 19.4. The summed E-state index contributed by atoms with van der Waals surface area (Å²) in [5, 5.41) is 2.50. The summed E-state index contributed by atoms with van der Waals surface area (Å²) in [6, 6.07) is 2.01. The monoisotopic (exact) mass is 345 g/mol. The average molecular weight is 345 g/mol. The number of ether oxygens (including phenoxy) is 1. The van der Waals surface area contributed by atoms with E-state index in [0.29, 0.717) is 19.1 Å². The van der Waals surface area contributed by atoms with E-state index >= 15 is 0 Å². The molecule has 0 aromatic carbocycles. The zero-order valence-corrected chi connectivity index (χ0v) is 13.8. The zero-order valence-electron chi connectivity index (χ0n) is 13.8. The molecule has 1 aliphatic rings. The Morgan fingerprint density at radius 2 is 2.25 bits per heavy atom. The highest BCUT2D eigenvalue weighted by Gasteiger charge is 2.36. The lowest BCUT2D eigenvalue weighted by Gasteiger charge is -2.33. The van der Waals surface area contributed by atoms with Crippen LogP contribution in [0, 0.1) is 5.92 Å². The highest BCUT2D eigenvalue weighted by Crippen LogP contribution is 2.30. The second-order valence-electron chi connectivity index (χ2n) is 6.25. The number of carbonyl (C=O) groups excluding carboxylic acids is 1. The van der Waals surface area contributed by atoms with Crippen LogP contribution in [0.15, 0.2) is 18.3 Å². The molecule has 0 unspecified atom stereocenters. The van der Waals surface area contributed by atoms with E-state index in [9.17, 15) is 18.0 Å². The molecule has 0 spiro atoms. The molecule has 2 heterocycles. The van der Waals surface area contributed by atoms with Crippen LogP contribution in [-0.4, -0.2) is 54.7 Å². The van der Waals surface area contributed by atoms with Gasteiger partial charge in [-0.3, -0.25) is 14.7 Å². The minimum Gasteiger partial charge on any atom is -0.374 e. The number of carbonyl (C=O) groups is 1. The van der Waals surface area contributed by atoms with Gasteiger partial charge in [0.05, 0.1) is 18.3 Å². The van der Waals surface area contributed by atoms with Crippen molar-refractivity contribution < 1.29 is 22.7 Å². The number of nitrogens with one attached hydrogen (secondary N) is 1. The largest absolute Gasteiger partial charge is 0.418 e. The molecule has 134 valence electrons. The van der Waals surface area contributed by atoms with Gasteiger partial charge in [-0.15, -0.1) is 0 Å². The Bertz CT molecular complexity index is 564. The third-order valence-electron chi connectivity index (χ3n) is 3.66. The van der Waals surface area contributed by atoms with E-state index < -0.39 is 23.3 Å². The molecule has 1 saturated heterocycles. The van der Waals surface area contributed by atoms with E-state index in [0.717, 1.165) is 25.2 Å². The summed E-state index contributed by atoms with van der Waals surface area (Å²) in [7, 11) is 0. The third kappa shape index (κ3) is 5.17. The van der Waals surface area contributed by atoms with E-state index in [1.54, 1.807) is 0 Å². The lowest BCUT2D eigenvalue weighted by molar-refractivity contribution is -0.138. The number of amides is 1. The molecule has 0 aliphatic carbocycles. The molecule has 1 N–H and O–H groups in total. The van der Waals surface area contributed by atoms with Gasteiger partial charge in [0.25, 0.3) is 5.91 Å². The first kappa shape index (κ1) is 18.7. The molecule has 1 aliphatic heterocycles. The minimum absolute atomic E-state index is 0.154. The van der Waals surface area contributed by atoms with E-state index in [1.807, 2.05) is 0 Å². The number of hydrogen-bond acceptors (Lipinski definition) is 4. The SMILES string of the molecule is CC(C)CN1CCO[C@@H](CNC(=O)c2ncccc2C(F)(F)F)C1. The van der Waals surface area contributed by atoms with Crippen LogP contribution in [0.2, 0.25) is 0 Å². The molecule has 1 fully saturated rings. The average Bonchev–Trinajstić information content (AvgIpc) is 2.51. The van der Waals surface area contributed by atoms with Crippen LogP contribution in [0.1, 0.15) is 29.9 Å². The second kappa shape index (κ2) is 7.94. The molecule has 24 heavy (non-hydrogen) atoms. The smallest absolute Gasteiger partial charge is 0.374 e. The van der Waals surface area contributed by atoms with E-state index in [-0.39, 0.29) is 12.6 Å². The fourth-order valence-corrected chi connectivity index (χ4v) is 2.69. The Morgan fingerprint density at radius 3 is 2.92 bits per heavy atom. The van der Waals surface area contributed by atoms with Crippen LogP contribution in [0.4, 0.5) is 13.2 Å². The minimum atomic E-state index is -4.61. The summed E-state index contributed by atoms with van der Waals surface area (Å²) < 4.78 is 44.3. The van der Waals surface area contributed by atoms with Crippen LogP contribution in [0.5, 0.6) is 0 Å². The topological polar surface area (TPSA) is 54.5 Å². The predicted molar refractivity (Wildman–Crippen MR) is 82.6 cm³/mol. The standard InChI is InChI=1S/C16H22F3N3O2/c1-11(2)9-22-6-7-24-12(10-22)8-21-15(23)14-13(16(17,18)19)4-3-5-20-14/h3-5,11-12H,6-10H2,1-2H3,(H,21,23)/t12-/m0/s1. The Hall–Kier alpha value is -1.67. The summed E-state index contributed by atoms with van der Waals surface area (Å²) in [5.41, 5.74) is -1.65.